The first-order valence-corrected chi connectivity index (χ1v) is 7.66. The molecule has 0 radical (unpaired) electrons. The molecule has 0 aliphatic carbocycles. The van der Waals surface area contributed by atoms with Crippen LogP contribution in [-0.2, 0) is 6.54 Å². The predicted molar refractivity (Wildman–Crippen MR) is 89.3 cm³/mol. The maximum absolute atomic E-state index is 12.0. The third-order valence-electron chi connectivity index (χ3n) is 3.02. The van der Waals surface area contributed by atoms with Gasteiger partial charge in [0.05, 0.1) is 30.9 Å². The van der Waals surface area contributed by atoms with Crippen LogP contribution in [0.2, 0.25) is 0 Å². The Bertz CT molecular complexity index is 788. The van der Waals surface area contributed by atoms with Gasteiger partial charge in [0.25, 0.3) is 5.91 Å². The van der Waals surface area contributed by atoms with Crippen molar-refractivity contribution in [2.75, 3.05) is 5.32 Å². The number of aromatic nitrogens is 2. The van der Waals surface area contributed by atoms with Gasteiger partial charge in [0, 0.05) is 4.47 Å². The number of carbonyl (C=O) groups excluding carboxylic acids is 1. The first-order chi connectivity index (χ1) is 11.2. The molecule has 0 atom stereocenters. The highest BCUT2D eigenvalue weighted by Crippen LogP contribution is 2.23. The lowest BCUT2D eigenvalue weighted by molar-refractivity contribution is 0.0942. The molecular weight excluding hydrogens is 360 g/mol. The van der Waals surface area contributed by atoms with Crippen LogP contribution in [0.15, 0.2) is 63.9 Å². The summed E-state index contributed by atoms with van der Waals surface area (Å²) in [5.74, 6) is 0.930. The van der Waals surface area contributed by atoms with Crippen molar-refractivity contribution in [1.29, 1.82) is 0 Å². The number of hydrogen-bond acceptors (Lipinski definition) is 5. The molecular formula is C16H13BrN4O2. The number of hydrogen-bond donors (Lipinski definition) is 2. The number of nitrogens with zero attached hydrogens (tertiary/aromatic N) is 2. The summed E-state index contributed by atoms with van der Waals surface area (Å²) in [5.41, 5.74) is 1.12. The summed E-state index contributed by atoms with van der Waals surface area (Å²) in [6.07, 6.45) is 4.50. The molecule has 2 heterocycles. The van der Waals surface area contributed by atoms with Gasteiger partial charge < -0.3 is 15.1 Å². The van der Waals surface area contributed by atoms with Crippen LogP contribution in [0.5, 0.6) is 0 Å². The van der Waals surface area contributed by atoms with Gasteiger partial charge in [0.15, 0.2) is 0 Å². The van der Waals surface area contributed by atoms with Gasteiger partial charge in [-0.3, -0.25) is 4.79 Å². The molecule has 0 saturated carbocycles. The molecule has 3 rings (SSSR count). The lowest BCUT2D eigenvalue weighted by Gasteiger charge is -2.07. The zero-order valence-corrected chi connectivity index (χ0v) is 13.6. The van der Waals surface area contributed by atoms with Gasteiger partial charge in [-0.25, -0.2) is 9.97 Å². The Morgan fingerprint density at radius 3 is 2.70 bits per heavy atom. The minimum Gasteiger partial charge on any atom is -0.467 e. The summed E-state index contributed by atoms with van der Waals surface area (Å²) in [7, 11) is 0. The molecule has 2 N–H and O–H groups in total. The number of amides is 1. The van der Waals surface area contributed by atoms with Crippen molar-refractivity contribution >= 4 is 33.3 Å². The molecule has 116 valence electrons. The minimum absolute atomic E-state index is 0.245. The standard InChI is InChI=1S/C16H13BrN4O2/c17-12-5-1-2-6-13(12)21-15-10-18-14(9-19-15)16(22)20-8-11-4-3-7-23-11/h1-7,9-10H,8H2,(H,19,21)(H,20,22). The van der Waals surface area contributed by atoms with Gasteiger partial charge in [-0.2, -0.15) is 0 Å². The molecule has 1 aromatic carbocycles. The maximum Gasteiger partial charge on any atom is 0.271 e. The van der Waals surface area contributed by atoms with Crippen LogP contribution in [0.3, 0.4) is 0 Å². The van der Waals surface area contributed by atoms with Crippen molar-refractivity contribution in [1.82, 2.24) is 15.3 Å². The predicted octanol–water partition coefficient (Wildman–Crippen LogP) is 3.51. The van der Waals surface area contributed by atoms with Crippen LogP contribution in [0.25, 0.3) is 0 Å². The number of halogens is 1. The molecule has 0 saturated heterocycles. The average molecular weight is 373 g/mol. The summed E-state index contributed by atoms with van der Waals surface area (Å²) in [5, 5.41) is 5.84. The summed E-state index contributed by atoms with van der Waals surface area (Å²) >= 11 is 3.45. The highest BCUT2D eigenvalue weighted by Gasteiger charge is 2.09. The lowest BCUT2D eigenvalue weighted by Crippen LogP contribution is -2.23. The zero-order chi connectivity index (χ0) is 16.1. The monoisotopic (exact) mass is 372 g/mol. The SMILES string of the molecule is O=C(NCc1ccco1)c1cnc(Nc2ccccc2Br)cn1. The van der Waals surface area contributed by atoms with E-state index in [9.17, 15) is 4.79 Å². The van der Waals surface area contributed by atoms with Gasteiger partial charge >= 0.3 is 0 Å². The molecule has 23 heavy (non-hydrogen) atoms. The maximum atomic E-state index is 12.0. The normalized spacial score (nSPS) is 10.3. The van der Waals surface area contributed by atoms with Crippen LogP contribution < -0.4 is 10.6 Å². The van der Waals surface area contributed by atoms with E-state index in [2.05, 4.69) is 36.5 Å². The summed E-state index contributed by atoms with van der Waals surface area (Å²) in [4.78, 5) is 20.3. The fourth-order valence-electron chi connectivity index (χ4n) is 1.88. The topological polar surface area (TPSA) is 80.0 Å². The minimum atomic E-state index is -0.304. The Hall–Kier alpha value is -2.67. The van der Waals surface area contributed by atoms with E-state index < -0.39 is 0 Å². The average Bonchev–Trinajstić information content (AvgIpc) is 3.09. The van der Waals surface area contributed by atoms with Crippen molar-refractivity contribution < 1.29 is 9.21 Å². The van der Waals surface area contributed by atoms with Crippen molar-refractivity contribution in [2.24, 2.45) is 0 Å². The van der Waals surface area contributed by atoms with E-state index in [4.69, 9.17) is 4.42 Å². The Morgan fingerprint density at radius 1 is 1.13 bits per heavy atom. The second-order valence-corrected chi connectivity index (χ2v) is 5.51. The molecule has 6 nitrogen and oxygen atoms in total. The van der Waals surface area contributed by atoms with Gasteiger partial charge in [-0.1, -0.05) is 12.1 Å². The number of furan rings is 1. The fraction of sp³-hybridized carbons (Fsp3) is 0.0625. The Morgan fingerprint density at radius 2 is 2.00 bits per heavy atom. The first-order valence-electron chi connectivity index (χ1n) is 6.86. The van der Waals surface area contributed by atoms with Gasteiger partial charge in [0.1, 0.15) is 17.3 Å². The van der Waals surface area contributed by atoms with Crippen LogP contribution in [0, 0.1) is 0 Å². The van der Waals surface area contributed by atoms with Crippen molar-refractivity contribution in [3.63, 3.8) is 0 Å². The van der Waals surface area contributed by atoms with E-state index in [0.29, 0.717) is 18.1 Å². The third-order valence-corrected chi connectivity index (χ3v) is 3.72. The van der Waals surface area contributed by atoms with Crippen LogP contribution in [0.4, 0.5) is 11.5 Å². The van der Waals surface area contributed by atoms with E-state index >= 15 is 0 Å². The second kappa shape index (κ2) is 7.06. The van der Waals surface area contributed by atoms with Crippen molar-refractivity contribution in [3.05, 3.63) is 71.0 Å². The van der Waals surface area contributed by atoms with E-state index in [1.54, 1.807) is 18.4 Å². The summed E-state index contributed by atoms with van der Waals surface area (Å²) < 4.78 is 6.07. The molecule has 0 fully saturated rings. The number of benzene rings is 1. The third kappa shape index (κ3) is 3.95. The van der Waals surface area contributed by atoms with Crippen molar-refractivity contribution in [3.8, 4) is 0 Å². The molecule has 7 heteroatoms. The van der Waals surface area contributed by atoms with Crippen LogP contribution in [-0.4, -0.2) is 15.9 Å². The van der Waals surface area contributed by atoms with Gasteiger partial charge in [-0.05, 0) is 40.2 Å². The van der Waals surface area contributed by atoms with Crippen molar-refractivity contribution in [2.45, 2.75) is 6.54 Å². The molecule has 1 amide bonds. The summed E-state index contributed by atoms with van der Waals surface area (Å²) in [6, 6.07) is 11.2. The number of carbonyl (C=O) groups is 1. The van der Waals surface area contributed by atoms with E-state index in [1.807, 2.05) is 24.3 Å². The largest absolute Gasteiger partial charge is 0.467 e. The molecule has 0 aliphatic heterocycles. The van der Waals surface area contributed by atoms with E-state index in [-0.39, 0.29) is 11.6 Å². The Balaban J connectivity index is 1.62. The smallest absolute Gasteiger partial charge is 0.271 e. The first kappa shape index (κ1) is 15.2. The highest BCUT2D eigenvalue weighted by atomic mass is 79.9. The zero-order valence-electron chi connectivity index (χ0n) is 12.0. The summed E-state index contributed by atoms with van der Waals surface area (Å²) in [6.45, 7) is 0.310. The molecule has 0 aliphatic rings. The molecule has 0 unspecified atom stereocenters. The van der Waals surface area contributed by atoms with E-state index in [1.165, 1.54) is 12.4 Å². The van der Waals surface area contributed by atoms with Crippen LogP contribution >= 0.6 is 15.9 Å². The van der Waals surface area contributed by atoms with E-state index in [0.717, 1.165) is 10.2 Å². The molecule has 3 aromatic rings. The molecule has 0 spiro atoms. The number of anilines is 2. The fourth-order valence-corrected chi connectivity index (χ4v) is 2.27. The molecule has 2 aromatic heterocycles. The number of para-hydroxylation sites is 1. The highest BCUT2D eigenvalue weighted by molar-refractivity contribution is 9.10. The van der Waals surface area contributed by atoms with Gasteiger partial charge in [0.2, 0.25) is 0 Å². The lowest BCUT2D eigenvalue weighted by atomic mass is 10.3. The second-order valence-electron chi connectivity index (χ2n) is 4.65. The van der Waals surface area contributed by atoms with Crippen LogP contribution in [0.1, 0.15) is 16.2 Å². The Labute approximate surface area is 141 Å². The van der Waals surface area contributed by atoms with Gasteiger partial charge in [-0.15, -0.1) is 0 Å². The molecule has 0 bridgehead atoms. The number of nitrogens with one attached hydrogen (secondary N) is 2. The number of rotatable bonds is 5. The quantitative estimate of drug-likeness (QED) is 0.716. The Kier molecular flexibility index (Phi) is 4.68.